The smallest absolute Gasteiger partial charge is 0.381 e. The number of guanidine groups is 1. The van der Waals surface area contributed by atoms with Crippen molar-refractivity contribution < 1.29 is 31.1 Å². The van der Waals surface area contributed by atoms with E-state index in [0.29, 0.717) is 29.3 Å². The van der Waals surface area contributed by atoms with Crippen molar-refractivity contribution in [2.75, 3.05) is 53.1 Å². The first-order valence-corrected chi connectivity index (χ1v) is 11.4. The number of sulfonamides is 1. The fourth-order valence-electron chi connectivity index (χ4n) is 3.32. The third-order valence-corrected chi connectivity index (χ3v) is 6.73. The van der Waals surface area contributed by atoms with Gasteiger partial charge in [-0.05, 0) is 38.0 Å². The topological polar surface area (TPSA) is 92.3 Å². The first kappa shape index (κ1) is 27.7. The van der Waals surface area contributed by atoms with Gasteiger partial charge in [-0.1, -0.05) is 0 Å². The molecule has 2 heterocycles. The third-order valence-electron chi connectivity index (χ3n) is 5.10. The van der Waals surface area contributed by atoms with E-state index in [2.05, 4.69) is 15.6 Å². The van der Waals surface area contributed by atoms with E-state index in [9.17, 15) is 21.6 Å². The van der Waals surface area contributed by atoms with Crippen LogP contribution >= 0.6 is 24.0 Å². The molecule has 2 fully saturated rings. The van der Waals surface area contributed by atoms with Gasteiger partial charge in [0.1, 0.15) is 0 Å². The summed E-state index contributed by atoms with van der Waals surface area (Å²) in [4.78, 5) is 4.11. The highest BCUT2D eigenvalue weighted by Gasteiger charge is 2.50. The molecule has 2 N–H and O–H groups in total. The zero-order chi connectivity index (χ0) is 21.3. The van der Waals surface area contributed by atoms with Crippen molar-refractivity contribution in [1.29, 1.82) is 0 Å². The Morgan fingerprint density at radius 2 is 1.83 bits per heavy atom. The highest BCUT2D eigenvalue weighted by atomic mass is 127. The zero-order valence-electron chi connectivity index (χ0n) is 17.1. The molecule has 0 aromatic heterocycles. The van der Waals surface area contributed by atoms with E-state index in [-0.39, 0.29) is 55.9 Å². The Bertz CT molecular complexity index is 623. The average Bonchev–Trinajstić information content (AvgIpc) is 2.70. The second-order valence-corrected chi connectivity index (χ2v) is 9.18. The molecule has 0 aromatic carbocycles. The second kappa shape index (κ2) is 13.2. The van der Waals surface area contributed by atoms with Crippen LogP contribution in [0.4, 0.5) is 13.2 Å². The molecule has 30 heavy (non-hydrogen) atoms. The standard InChI is InChI=1S/C17H31F3N4O4S.HI/c1-21-16(22-7-2-10-28-13-14-5-11-27-12-6-14)23-15-3-8-24(9-4-15)29(25,26)17(18,19)20;/h14-15H,2-13H2,1H3,(H2,21,22,23);1H. The Kier molecular flexibility index (Phi) is 12.2. The molecule has 0 aliphatic carbocycles. The minimum absolute atomic E-state index is 0. The number of hydrogen-bond donors (Lipinski definition) is 2. The molecule has 0 saturated carbocycles. The molecular formula is C17H32F3IN4O4S. The fourth-order valence-corrected chi connectivity index (χ4v) is 4.30. The van der Waals surface area contributed by atoms with E-state index in [0.717, 1.165) is 39.1 Å². The highest BCUT2D eigenvalue weighted by molar-refractivity contribution is 14.0. The zero-order valence-corrected chi connectivity index (χ0v) is 20.3. The molecule has 8 nitrogen and oxygen atoms in total. The Hall–Kier alpha value is -0.380. The number of ether oxygens (including phenoxy) is 2. The molecule has 2 aliphatic rings. The van der Waals surface area contributed by atoms with Crippen molar-refractivity contribution in [1.82, 2.24) is 14.9 Å². The van der Waals surface area contributed by atoms with Gasteiger partial charge in [-0.25, -0.2) is 8.42 Å². The summed E-state index contributed by atoms with van der Waals surface area (Å²) in [6.07, 6.45) is 3.44. The van der Waals surface area contributed by atoms with Crippen molar-refractivity contribution in [2.24, 2.45) is 10.9 Å². The first-order valence-electron chi connectivity index (χ1n) is 9.93. The summed E-state index contributed by atoms with van der Waals surface area (Å²) in [6, 6.07) is -0.134. The Morgan fingerprint density at radius 1 is 1.20 bits per heavy atom. The number of nitrogens with zero attached hydrogens (tertiary/aromatic N) is 2. The molecule has 178 valence electrons. The van der Waals surface area contributed by atoms with Gasteiger partial charge in [-0.15, -0.1) is 24.0 Å². The van der Waals surface area contributed by atoms with Crippen LogP contribution in [0, 0.1) is 5.92 Å². The number of alkyl halides is 3. The fraction of sp³-hybridized carbons (Fsp3) is 0.941. The van der Waals surface area contributed by atoms with E-state index >= 15 is 0 Å². The van der Waals surface area contributed by atoms with E-state index < -0.39 is 15.5 Å². The van der Waals surface area contributed by atoms with Gasteiger partial charge < -0.3 is 20.1 Å². The molecule has 2 aliphatic heterocycles. The van der Waals surface area contributed by atoms with Crippen LogP contribution in [0.2, 0.25) is 0 Å². The molecule has 13 heteroatoms. The molecule has 0 unspecified atom stereocenters. The summed E-state index contributed by atoms with van der Waals surface area (Å²) < 4.78 is 72.3. The third kappa shape index (κ3) is 8.63. The number of aliphatic imine (C=N–C) groups is 1. The van der Waals surface area contributed by atoms with Crippen molar-refractivity contribution in [2.45, 2.75) is 43.7 Å². The number of piperidine rings is 1. The number of hydrogen-bond acceptors (Lipinski definition) is 5. The molecule has 0 bridgehead atoms. The molecule has 2 rings (SSSR count). The maximum atomic E-state index is 12.6. The van der Waals surface area contributed by atoms with Crippen LogP contribution in [0.5, 0.6) is 0 Å². The predicted molar refractivity (Wildman–Crippen MR) is 118 cm³/mol. The van der Waals surface area contributed by atoms with E-state index in [1.165, 1.54) is 0 Å². The van der Waals surface area contributed by atoms with Gasteiger partial charge >= 0.3 is 15.5 Å². The van der Waals surface area contributed by atoms with Crippen LogP contribution in [0.15, 0.2) is 4.99 Å². The summed E-state index contributed by atoms with van der Waals surface area (Å²) in [5.74, 6) is 1.12. The minimum atomic E-state index is -5.25. The molecule has 0 spiro atoms. The number of rotatable bonds is 8. The van der Waals surface area contributed by atoms with Crippen LogP contribution in [0.1, 0.15) is 32.1 Å². The highest BCUT2D eigenvalue weighted by Crippen LogP contribution is 2.28. The van der Waals surface area contributed by atoms with Crippen molar-refractivity contribution in [3.8, 4) is 0 Å². The van der Waals surface area contributed by atoms with Gasteiger partial charge in [-0.3, -0.25) is 4.99 Å². The molecule has 0 atom stereocenters. The van der Waals surface area contributed by atoms with Crippen LogP contribution in [-0.2, 0) is 19.5 Å². The van der Waals surface area contributed by atoms with Gasteiger partial charge in [0, 0.05) is 59.2 Å². The Balaban J connectivity index is 0.00000450. The number of halogens is 4. The minimum Gasteiger partial charge on any atom is -0.381 e. The van der Waals surface area contributed by atoms with Crippen molar-refractivity contribution in [3.05, 3.63) is 0 Å². The van der Waals surface area contributed by atoms with Gasteiger partial charge in [0.05, 0.1) is 0 Å². The SMILES string of the molecule is CN=C(NCCCOCC1CCOCC1)NC1CCN(S(=O)(=O)C(F)(F)F)CC1.I. The lowest BCUT2D eigenvalue weighted by molar-refractivity contribution is -0.0494. The number of nitrogens with one attached hydrogen (secondary N) is 2. The summed E-state index contributed by atoms with van der Waals surface area (Å²) in [5.41, 5.74) is -5.25. The largest absolute Gasteiger partial charge is 0.511 e. The maximum Gasteiger partial charge on any atom is 0.511 e. The summed E-state index contributed by atoms with van der Waals surface area (Å²) >= 11 is 0. The summed E-state index contributed by atoms with van der Waals surface area (Å²) in [5, 5.41) is 6.29. The Morgan fingerprint density at radius 3 is 2.40 bits per heavy atom. The lowest BCUT2D eigenvalue weighted by atomic mass is 10.0. The van der Waals surface area contributed by atoms with E-state index in [4.69, 9.17) is 9.47 Å². The van der Waals surface area contributed by atoms with E-state index in [1.54, 1.807) is 7.05 Å². The summed E-state index contributed by atoms with van der Waals surface area (Å²) in [6.45, 7) is 3.30. The lowest BCUT2D eigenvalue weighted by Crippen LogP contribution is -2.51. The van der Waals surface area contributed by atoms with Gasteiger partial charge in [0.2, 0.25) is 0 Å². The van der Waals surface area contributed by atoms with Crippen LogP contribution < -0.4 is 10.6 Å². The molecule has 0 radical (unpaired) electrons. The lowest BCUT2D eigenvalue weighted by Gasteiger charge is -2.32. The summed E-state index contributed by atoms with van der Waals surface area (Å²) in [7, 11) is -3.64. The van der Waals surface area contributed by atoms with Gasteiger partial charge in [-0.2, -0.15) is 17.5 Å². The first-order chi connectivity index (χ1) is 13.7. The van der Waals surface area contributed by atoms with Crippen molar-refractivity contribution in [3.63, 3.8) is 0 Å². The van der Waals surface area contributed by atoms with Crippen LogP contribution in [0.3, 0.4) is 0 Å². The van der Waals surface area contributed by atoms with Gasteiger partial charge in [0.25, 0.3) is 0 Å². The predicted octanol–water partition coefficient (Wildman–Crippen LogP) is 1.92. The quantitative estimate of drug-likeness (QED) is 0.200. The Labute approximate surface area is 193 Å². The normalized spacial score (nSPS) is 20.6. The van der Waals surface area contributed by atoms with Crippen molar-refractivity contribution >= 4 is 40.0 Å². The maximum absolute atomic E-state index is 12.6. The molecule has 0 amide bonds. The molecular weight excluding hydrogens is 540 g/mol. The van der Waals surface area contributed by atoms with Gasteiger partial charge in [0.15, 0.2) is 5.96 Å². The molecule has 2 saturated heterocycles. The van der Waals surface area contributed by atoms with Crippen LogP contribution in [0.25, 0.3) is 0 Å². The van der Waals surface area contributed by atoms with Crippen LogP contribution in [-0.4, -0.2) is 83.3 Å². The molecule has 0 aromatic rings. The van der Waals surface area contributed by atoms with E-state index in [1.807, 2.05) is 0 Å². The average molecular weight is 572 g/mol. The second-order valence-electron chi connectivity index (χ2n) is 7.25. The monoisotopic (exact) mass is 572 g/mol.